The number of sulfonamides is 1. The van der Waals surface area contributed by atoms with Crippen molar-refractivity contribution < 1.29 is 13.2 Å². The number of ether oxygens (including phenoxy) is 1. The lowest BCUT2D eigenvalue weighted by atomic mass is 10.0. The minimum absolute atomic E-state index is 0.0988. The van der Waals surface area contributed by atoms with Crippen LogP contribution >= 0.6 is 0 Å². The minimum Gasteiger partial charge on any atom is -0.377 e. The molecule has 2 aliphatic heterocycles. The van der Waals surface area contributed by atoms with Crippen molar-refractivity contribution in [2.24, 2.45) is 11.7 Å². The summed E-state index contributed by atoms with van der Waals surface area (Å²) in [5.74, 6) is 0.465. The number of nitrogens with zero attached hydrogens (tertiary/aromatic N) is 1. The summed E-state index contributed by atoms with van der Waals surface area (Å²) in [7, 11) is -3.16. The van der Waals surface area contributed by atoms with Gasteiger partial charge in [0.25, 0.3) is 0 Å². The normalized spacial score (nSPS) is 31.8. The molecule has 2 atom stereocenters. The monoisotopic (exact) mass is 262 g/mol. The first-order valence-corrected chi connectivity index (χ1v) is 8.02. The molecule has 2 unspecified atom stereocenters. The molecule has 2 heterocycles. The summed E-state index contributed by atoms with van der Waals surface area (Å²) in [5, 5.41) is 0. The molecule has 17 heavy (non-hydrogen) atoms. The van der Waals surface area contributed by atoms with Crippen molar-refractivity contribution in [3.8, 4) is 0 Å². The van der Waals surface area contributed by atoms with Gasteiger partial charge >= 0.3 is 0 Å². The Morgan fingerprint density at radius 3 is 2.76 bits per heavy atom. The van der Waals surface area contributed by atoms with Crippen LogP contribution < -0.4 is 5.73 Å². The summed E-state index contributed by atoms with van der Waals surface area (Å²) in [4.78, 5) is 0. The fraction of sp³-hybridized carbons (Fsp3) is 1.00. The Balaban J connectivity index is 1.94. The first-order chi connectivity index (χ1) is 8.12. The highest BCUT2D eigenvalue weighted by Gasteiger charge is 2.31. The fourth-order valence-corrected chi connectivity index (χ4v) is 4.38. The van der Waals surface area contributed by atoms with Gasteiger partial charge < -0.3 is 10.5 Å². The zero-order valence-corrected chi connectivity index (χ0v) is 11.0. The van der Waals surface area contributed by atoms with E-state index in [4.69, 9.17) is 10.5 Å². The highest BCUT2D eigenvalue weighted by molar-refractivity contribution is 7.89. The van der Waals surface area contributed by atoms with Gasteiger partial charge in [-0.15, -0.1) is 0 Å². The average Bonchev–Trinajstić information content (AvgIpc) is 2.81. The molecule has 0 saturated carbocycles. The molecule has 0 amide bonds. The maximum absolute atomic E-state index is 12.2. The lowest BCUT2D eigenvalue weighted by Gasteiger charge is -2.31. The van der Waals surface area contributed by atoms with Crippen LogP contribution in [0.4, 0.5) is 0 Å². The zero-order chi connectivity index (χ0) is 12.3. The van der Waals surface area contributed by atoms with Crippen LogP contribution in [-0.4, -0.2) is 50.8 Å². The molecule has 0 aromatic carbocycles. The SMILES string of the molecule is NCC1CCCN(S(=O)(=O)CC2CCCO2)C1. The van der Waals surface area contributed by atoms with Gasteiger partial charge in [-0.2, -0.15) is 0 Å². The molecule has 0 aliphatic carbocycles. The number of hydrogen-bond acceptors (Lipinski definition) is 4. The van der Waals surface area contributed by atoms with Crippen LogP contribution in [0.25, 0.3) is 0 Å². The maximum Gasteiger partial charge on any atom is 0.216 e. The van der Waals surface area contributed by atoms with E-state index in [-0.39, 0.29) is 11.9 Å². The largest absolute Gasteiger partial charge is 0.377 e. The molecule has 2 aliphatic rings. The Bertz CT molecular complexity index is 339. The predicted octanol–water partition coefficient (Wildman–Crippen LogP) is 0.166. The topological polar surface area (TPSA) is 72.6 Å². The standard InChI is InChI=1S/C11H22N2O3S/c12-7-10-3-1-5-13(8-10)17(14,15)9-11-4-2-6-16-11/h10-11H,1-9,12H2. The Kier molecular flexibility index (Phi) is 4.41. The van der Waals surface area contributed by atoms with Crippen molar-refractivity contribution in [2.75, 3.05) is 32.0 Å². The van der Waals surface area contributed by atoms with E-state index in [1.54, 1.807) is 4.31 Å². The van der Waals surface area contributed by atoms with E-state index in [1.807, 2.05) is 0 Å². The molecule has 5 nitrogen and oxygen atoms in total. The van der Waals surface area contributed by atoms with Crippen molar-refractivity contribution in [3.63, 3.8) is 0 Å². The van der Waals surface area contributed by atoms with Crippen molar-refractivity contribution in [1.82, 2.24) is 4.31 Å². The molecule has 0 aromatic heterocycles. The molecule has 0 aromatic rings. The van der Waals surface area contributed by atoms with Crippen LogP contribution in [-0.2, 0) is 14.8 Å². The third-order valence-corrected chi connectivity index (χ3v) is 5.54. The molecule has 2 saturated heterocycles. The van der Waals surface area contributed by atoms with Crippen molar-refractivity contribution >= 4 is 10.0 Å². The molecule has 2 rings (SSSR count). The van der Waals surface area contributed by atoms with Gasteiger partial charge in [0, 0.05) is 19.7 Å². The van der Waals surface area contributed by atoms with E-state index in [0.29, 0.717) is 32.2 Å². The van der Waals surface area contributed by atoms with Gasteiger partial charge in [0.05, 0.1) is 11.9 Å². The number of hydrogen-bond donors (Lipinski definition) is 1. The van der Waals surface area contributed by atoms with Gasteiger partial charge in [-0.3, -0.25) is 0 Å². The summed E-state index contributed by atoms with van der Waals surface area (Å²) >= 11 is 0. The molecule has 0 bridgehead atoms. The zero-order valence-electron chi connectivity index (χ0n) is 10.2. The van der Waals surface area contributed by atoms with Crippen LogP contribution in [0.2, 0.25) is 0 Å². The smallest absolute Gasteiger partial charge is 0.216 e. The average molecular weight is 262 g/mol. The van der Waals surface area contributed by atoms with Gasteiger partial charge in [-0.05, 0) is 38.1 Å². The molecule has 6 heteroatoms. The highest BCUT2D eigenvalue weighted by Crippen LogP contribution is 2.21. The van der Waals surface area contributed by atoms with Crippen LogP contribution in [0.5, 0.6) is 0 Å². The summed E-state index contributed by atoms with van der Waals surface area (Å²) in [5.41, 5.74) is 5.63. The lowest BCUT2D eigenvalue weighted by molar-refractivity contribution is 0.125. The van der Waals surface area contributed by atoms with Crippen LogP contribution in [0, 0.1) is 5.92 Å². The van der Waals surface area contributed by atoms with Crippen molar-refractivity contribution in [2.45, 2.75) is 31.8 Å². The van der Waals surface area contributed by atoms with E-state index in [0.717, 1.165) is 25.7 Å². The van der Waals surface area contributed by atoms with Gasteiger partial charge in [0.1, 0.15) is 0 Å². The molecule has 0 spiro atoms. The van der Waals surface area contributed by atoms with Crippen LogP contribution in [0.1, 0.15) is 25.7 Å². The first-order valence-electron chi connectivity index (χ1n) is 6.41. The van der Waals surface area contributed by atoms with Gasteiger partial charge in [-0.1, -0.05) is 0 Å². The van der Waals surface area contributed by atoms with Gasteiger partial charge in [-0.25, -0.2) is 12.7 Å². The van der Waals surface area contributed by atoms with E-state index in [2.05, 4.69) is 0 Å². The second kappa shape index (κ2) is 5.65. The number of piperidine rings is 1. The van der Waals surface area contributed by atoms with Crippen molar-refractivity contribution in [3.05, 3.63) is 0 Å². The minimum atomic E-state index is -3.16. The third kappa shape index (κ3) is 3.40. The van der Waals surface area contributed by atoms with Crippen LogP contribution in [0.3, 0.4) is 0 Å². The Morgan fingerprint density at radius 2 is 2.12 bits per heavy atom. The Morgan fingerprint density at radius 1 is 1.29 bits per heavy atom. The van der Waals surface area contributed by atoms with E-state index >= 15 is 0 Å². The maximum atomic E-state index is 12.2. The second-order valence-corrected chi connectivity index (χ2v) is 7.03. The summed E-state index contributed by atoms with van der Waals surface area (Å²) in [6, 6.07) is 0. The fourth-order valence-electron chi connectivity index (χ4n) is 2.59. The third-order valence-electron chi connectivity index (χ3n) is 3.63. The van der Waals surface area contributed by atoms with Crippen molar-refractivity contribution in [1.29, 1.82) is 0 Å². The summed E-state index contributed by atoms with van der Waals surface area (Å²) in [6.45, 7) is 2.51. The quantitative estimate of drug-likeness (QED) is 0.783. The Labute approximate surface area is 103 Å². The highest BCUT2D eigenvalue weighted by atomic mass is 32.2. The predicted molar refractivity (Wildman–Crippen MR) is 66.1 cm³/mol. The second-order valence-electron chi connectivity index (χ2n) is 5.02. The van der Waals surface area contributed by atoms with Gasteiger partial charge in [0.15, 0.2) is 0 Å². The van der Waals surface area contributed by atoms with E-state index in [9.17, 15) is 8.42 Å². The molecular formula is C11H22N2O3S. The Hall–Kier alpha value is -0.170. The number of nitrogens with two attached hydrogens (primary N) is 1. The molecular weight excluding hydrogens is 240 g/mol. The van der Waals surface area contributed by atoms with E-state index < -0.39 is 10.0 Å². The first kappa shape index (κ1) is 13.3. The lowest BCUT2D eigenvalue weighted by Crippen LogP contribution is -2.44. The van der Waals surface area contributed by atoms with Crippen LogP contribution in [0.15, 0.2) is 0 Å². The summed E-state index contributed by atoms with van der Waals surface area (Å²) in [6.07, 6.45) is 3.71. The molecule has 2 fully saturated rings. The summed E-state index contributed by atoms with van der Waals surface area (Å²) < 4.78 is 31.4. The van der Waals surface area contributed by atoms with Gasteiger partial charge in [0.2, 0.25) is 10.0 Å². The molecule has 2 N–H and O–H groups in total. The number of rotatable bonds is 4. The molecule has 100 valence electrons. The van der Waals surface area contributed by atoms with E-state index in [1.165, 1.54) is 0 Å². The molecule has 0 radical (unpaired) electrons.